The molecule has 0 spiro atoms. The number of hydrogen-bond acceptors (Lipinski definition) is 1. The third kappa shape index (κ3) is 3.32. The van der Waals surface area contributed by atoms with E-state index in [0.717, 1.165) is 12.0 Å². The number of rotatable bonds is 4. The standard InChI is InChI=1S/C16H25N/c1-4-14-7-10-16(11-14)17-13(3)15-8-5-12(2)6-9-15/h5-6,8-9,13-14,16-17H,4,7,10-11H2,1-3H3/t13-,14?,16?/m0/s1. The van der Waals surface area contributed by atoms with Crippen molar-refractivity contribution < 1.29 is 0 Å². The van der Waals surface area contributed by atoms with Crippen LogP contribution in [0.3, 0.4) is 0 Å². The summed E-state index contributed by atoms with van der Waals surface area (Å²) in [7, 11) is 0. The Balaban J connectivity index is 1.89. The molecule has 17 heavy (non-hydrogen) atoms. The van der Waals surface area contributed by atoms with Crippen LogP contribution in [0.15, 0.2) is 24.3 Å². The minimum atomic E-state index is 0.483. The first-order valence-electron chi connectivity index (χ1n) is 7.01. The first-order valence-corrected chi connectivity index (χ1v) is 7.01. The summed E-state index contributed by atoms with van der Waals surface area (Å²) < 4.78 is 0. The molecule has 0 bridgehead atoms. The van der Waals surface area contributed by atoms with Gasteiger partial charge in [-0.15, -0.1) is 0 Å². The van der Waals surface area contributed by atoms with Crippen molar-refractivity contribution in [3.63, 3.8) is 0 Å². The average Bonchev–Trinajstić information content (AvgIpc) is 2.77. The first-order chi connectivity index (χ1) is 8.19. The van der Waals surface area contributed by atoms with Crippen LogP contribution in [0.1, 0.15) is 56.7 Å². The molecular formula is C16H25N. The Morgan fingerprint density at radius 1 is 1.24 bits per heavy atom. The third-order valence-electron chi connectivity index (χ3n) is 4.18. The molecular weight excluding hydrogens is 206 g/mol. The van der Waals surface area contributed by atoms with Crippen molar-refractivity contribution in [2.75, 3.05) is 0 Å². The van der Waals surface area contributed by atoms with Crippen LogP contribution in [0.2, 0.25) is 0 Å². The molecule has 1 aliphatic carbocycles. The lowest BCUT2D eigenvalue weighted by atomic mass is 10.0. The van der Waals surface area contributed by atoms with Crippen LogP contribution in [0.4, 0.5) is 0 Å². The highest BCUT2D eigenvalue weighted by Crippen LogP contribution is 2.29. The highest BCUT2D eigenvalue weighted by Gasteiger charge is 2.24. The van der Waals surface area contributed by atoms with E-state index >= 15 is 0 Å². The Labute approximate surface area is 106 Å². The van der Waals surface area contributed by atoms with Gasteiger partial charge in [0.25, 0.3) is 0 Å². The summed E-state index contributed by atoms with van der Waals surface area (Å²) in [5.74, 6) is 0.956. The van der Waals surface area contributed by atoms with E-state index < -0.39 is 0 Å². The molecule has 0 saturated heterocycles. The van der Waals surface area contributed by atoms with Gasteiger partial charge in [-0.1, -0.05) is 43.2 Å². The van der Waals surface area contributed by atoms with Crippen LogP contribution in [0.5, 0.6) is 0 Å². The van der Waals surface area contributed by atoms with Crippen molar-refractivity contribution in [1.82, 2.24) is 5.32 Å². The van der Waals surface area contributed by atoms with Gasteiger partial charge in [0.15, 0.2) is 0 Å². The molecule has 0 aromatic heterocycles. The summed E-state index contributed by atoms with van der Waals surface area (Å²) in [6.07, 6.45) is 5.48. The van der Waals surface area contributed by atoms with E-state index in [0.29, 0.717) is 6.04 Å². The molecule has 1 nitrogen and oxygen atoms in total. The fourth-order valence-corrected chi connectivity index (χ4v) is 2.90. The van der Waals surface area contributed by atoms with E-state index in [1.807, 2.05) is 0 Å². The van der Waals surface area contributed by atoms with Crippen molar-refractivity contribution in [1.29, 1.82) is 0 Å². The minimum Gasteiger partial charge on any atom is -0.307 e. The molecule has 3 atom stereocenters. The molecule has 1 aromatic rings. The van der Waals surface area contributed by atoms with Crippen LogP contribution >= 0.6 is 0 Å². The van der Waals surface area contributed by atoms with E-state index in [2.05, 4.69) is 50.4 Å². The number of aryl methyl sites for hydroxylation is 1. The Morgan fingerprint density at radius 3 is 2.53 bits per heavy atom. The second kappa shape index (κ2) is 5.68. The fraction of sp³-hybridized carbons (Fsp3) is 0.625. The SMILES string of the molecule is CCC1CCC(N[C@@H](C)c2ccc(C)cc2)C1. The number of hydrogen-bond donors (Lipinski definition) is 1. The topological polar surface area (TPSA) is 12.0 Å². The van der Waals surface area contributed by atoms with E-state index in [1.54, 1.807) is 0 Å². The molecule has 0 heterocycles. The molecule has 0 amide bonds. The van der Waals surface area contributed by atoms with Gasteiger partial charge < -0.3 is 5.32 Å². The summed E-state index contributed by atoms with van der Waals surface area (Å²) in [5, 5.41) is 3.78. The van der Waals surface area contributed by atoms with Gasteiger partial charge >= 0.3 is 0 Å². The lowest BCUT2D eigenvalue weighted by molar-refractivity contribution is 0.437. The molecule has 1 aliphatic rings. The fourth-order valence-electron chi connectivity index (χ4n) is 2.90. The van der Waals surface area contributed by atoms with Crippen molar-refractivity contribution in [2.45, 2.75) is 58.5 Å². The molecule has 1 saturated carbocycles. The van der Waals surface area contributed by atoms with Gasteiger partial charge in [-0.2, -0.15) is 0 Å². The van der Waals surface area contributed by atoms with E-state index in [4.69, 9.17) is 0 Å². The van der Waals surface area contributed by atoms with Gasteiger partial charge in [-0.3, -0.25) is 0 Å². The smallest absolute Gasteiger partial charge is 0.0294 e. The Hall–Kier alpha value is -0.820. The Kier molecular flexibility index (Phi) is 4.22. The maximum absolute atomic E-state index is 3.78. The van der Waals surface area contributed by atoms with Gasteiger partial charge in [0.1, 0.15) is 0 Å². The zero-order valence-corrected chi connectivity index (χ0v) is 11.4. The van der Waals surface area contributed by atoms with Gasteiger partial charge in [-0.05, 0) is 44.6 Å². The summed E-state index contributed by atoms with van der Waals surface area (Å²) in [5.41, 5.74) is 2.75. The highest BCUT2D eigenvalue weighted by molar-refractivity contribution is 5.23. The van der Waals surface area contributed by atoms with E-state index in [9.17, 15) is 0 Å². The summed E-state index contributed by atoms with van der Waals surface area (Å²) >= 11 is 0. The van der Waals surface area contributed by atoms with E-state index in [-0.39, 0.29) is 0 Å². The van der Waals surface area contributed by atoms with Crippen molar-refractivity contribution >= 4 is 0 Å². The second-order valence-electron chi connectivity index (χ2n) is 5.58. The van der Waals surface area contributed by atoms with Crippen LogP contribution in [0, 0.1) is 12.8 Å². The molecule has 94 valence electrons. The van der Waals surface area contributed by atoms with Crippen LogP contribution in [-0.4, -0.2) is 6.04 Å². The van der Waals surface area contributed by atoms with Gasteiger partial charge in [0, 0.05) is 12.1 Å². The summed E-state index contributed by atoms with van der Waals surface area (Å²) in [4.78, 5) is 0. The first kappa shape index (κ1) is 12.6. The lowest BCUT2D eigenvalue weighted by Gasteiger charge is -2.20. The largest absolute Gasteiger partial charge is 0.307 e. The van der Waals surface area contributed by atoms with Gasteiger partial charge in [0.05, 0.1) is 0 Å². The van der Waals surface area contributed by atoms with E-state index in [1.165, 1.54) is 36.8 Å². The third-order valence-corrected chi connectivity index (χ3v) is 4.18. The Bertz CT molecular complexity index is 341. The van der Waals surface area contributed by atoms with Crippen LogP contribution in [-0.2, 0) is 0 Å². The summed E-state index contributed by atoms with van der Waals surface area (Å²) in [6.45, 7) is 6.74. The predicted octanol–water partition coefficient (Wildman–Crippen LogP) is 4.22. The number of benzene rings is 1. The Morgan fingerprint density at radius 2 is 1.94 bits per heavy atom. The molecule has 1 aromatic carbocycles. The van der Waals surface area contributed by atoms with Crippen LogP contribution < -0.4 is 5.32 Å². The van der Waals surface area contributed by atoms with Crippen molar-refractivity contribution in [3.8, 4) is 0 Å². The molecule has 1 fully saturated rings. The van der Waals surface area contributed by atoms with Gasteiger partial charge in [0.2, 0.25) is 0 Å². The lowest BCUT2D eigenvalue weighted by Crippen LogP contribution is -2.29. The molecule has 2 rings (SSSR count). The molecule has 2 unspecified atom stereocenters. The monoisotopic (exact) mass is 231 g/mol. The minimum absolute atomic E-state index is 0.483. The second-order valence-corrected chi connectivity index (χ2v) is 5.58. The maximum atomic E-state index is 3.78. The van der Waals surface area contributed by atoms with Crippen molar-refractivity contribution in [3.05, 3.63) is 35.4 Å². The molecule has 1 heteroatoms. The molecule has 0 radical (unpaired) electrons. The van der Waals surface area contributed by atoms with Crippen LogP contribution in [0.25, 0.3) is 0 Å². The average molecular weight is 231 g/mol. The van der Waals surface area contributed by atoms with Gasteiger partial charge in [-0.25, -0.2) is 0 Å². The molecule has 1 N–H and O–H groups in total. The predicted molar refractivity (Wildman–Crippen MR) is 74.1 cm³/mol. The quantitative estimate of drug-likeness (QED) is 0.818. The zero-order chi connectivity index (χ0) is 12.3. The maximum Gasteiger partial charge on any atom is 0.0294 e. The normalized spacial score (nSPS) is 26.1. The zero-order valence-electron chi connectivity index (χ0n) is 11.4. The summed E-state index contributed by atoms with van der Waals surface area (Å²) in [6, 6.07) is 10.1. The molecule has 0 aliphatic heterocycles. The number of nitrogens with one attached hydrogen (secondary N) is 1. The highest BCUT2D eigenvalue weighted by atomic mass is 14.9. The van der Waals surface area contributed by atoms with Crippen molar-refractivity contribution in [2.24, 2.45) is 5.92 Å².